The number of carbonyl (C=O) groups excluding carboxylic acids is 1. The molecule has 4 nitrogen and oxygen atoms in total. The quantitative estimate of drug-likeness (QED) is 0.853. The molecule has 19 heavy (non-hydrogen) atoms. The monoisotopic (exact) mass is 268 g/mol. The Morgan fingerprint density at radius 1 is 1.26 bits per heavy atom. The van der Waals surface area contributed by atoms with Gasteiger partial charge in [0, 0.05) is 12.6 Å². The lowest BCUT2D eigenvalue weighted by Crippen LogP contribution is -2.51. The minimum Gasteiger partial charge on any atom is -0.444 e. The molecule has 0 saturated heterocycles. The van der Waals surface area contributed by atoms with Crippen LogP contribution in [-0.4, -0.2) is 35.2 Å². The van der Waals surface area contributed by atoms with Crippen LogP contribution in [0.5, 0.6) is 0 Å². The molecular formula is C15H28N2O2. The number of carbonyl (C=O) groups is 1. The van der Waals surface area contributed by atoms with E-state index in [1.807, 2.05) is 25.7 Å². The number of amides is 1. The Hall–Kier alpha value is -0.770. The van der Waals surface area contributed by atoms with Gasteiger partial charge in [-0.1, -0.05) is 12.8 Å². The number of ether oxygens (including phenoxy) is 1. The highest BCUT2D eigenvalue weighted by Crippen LogP contribution is 2.36. The maximum Gasteiger partial charge on any atom is 0.410 e. The topological polar surface area (TPSA) is 55.6 Å². The second-order valence-electron chi connectivity index (χ2n) is 6.97. The first-order chi connectivity index (χ1) is 8.92. The summed E-state index contributed by atoms with van der Waals surface area (Å²) in [6.07, 6.45) is 6.98. The van der Waals surface area contributed by atoms with E-state index in [0.29, 0.717) is 18.5 Å². The number of nitrogens with zero attached hydrogens (tertiary/aromatic N) is 1. The Morgan fingerprint density at radius 2 is 1.84 bits per heavy atom. The van der Waals surface area contributed by atoms with Gasteiger partial charge in [0.25, 0.3) is 0 Å². The van der Waals surface area contributed by atoms with Gasteiger partial charge in [-0.3, -0.25) is 0 Å². The van der Waals surface area contributed by atoms with Gasteiger partial charge in [-0.2, -0.15) is 0 Å². The normalized spacial score (nSPS) is 22.3. The van der Waals surface area contributed by atoms with Crippen molar-refractivity contribution in [3.63, 3.8) is 0 Å². The summed E-state index contributed by atoms with van der Waals surface area (Å²) in [5.41, 5.74) is 5.54. The van der Waals surface area contributed by atoms with E-state index in [9.17, 15) is 4.79 Å². The number of hydrogen-bond acceptors (Lipinski definition) is 3. The van der Waals surface area contributed by atoms with Crippen molar-refractivity contribution < 1.29 is 9.53 Å². The van der Waals surface area contributed by atoms with Gasteiger partial charge in [0.05, 0.1) is 6.04 Å². The van der Waals surface area contributed by atoms with E-state index in [-0.39, 0.29) is 12.1 Å². The molecule has 2 N–H and O–H groups in total. The van der Waals surface area contributed by atoms with Crippen molar-refractivity contribution in [2.45, 2.75) is 77.0 Å². The lowest BCUT2D eigenvalue weighted by atomic mass is 9.96. The highest BCUT2D eigenvalue weighted by molar-refractivity contribution is 5.69. The summed E-state index contributed by atoms with van der Waals surface area (Å²) >= 11 is 0. The average molecular weight is 268 g/mol. The van der Waals surface area contributed by atoms with Gasteiger partial charge in [-0.05, 0) is 52.4 Å². The van der Waals surface area contributed by atoms with Crippen LogP contribution < -0.4 is 5.73 Å². The largest absolute Gasteiger partial charge is 0.444 e. The van der Waals surface area contributed by atoms with Crippen molar-refractivity contribution in [2.75, 3.05) is 6.54 Å². The summed E-state index contributed by atoms with van der Waals surface area (Å²) < 4.78 is 5.57. The summed E-state index contributed by atoms with van der Waals surface area (Å²) in [5.74, 6) is 0.568. The van der Waals surface area contributed by atoms with Gasteiger partial charge in [-0.25, -0.2) is 4.79 Å². The number of nitrogens with two attached hydrogens (primary N) is 1. The van der Waals surface area contributed by atoms with Crippen molar-refractivity contribution in [3.8, 4) is 0 Å². The fraction of sp³-hybridized carbons (Fsp3) is 0.933. The van der Waals surface area contributed by atoms with E-state index >= 15 is 0 Å². The molecule has 0 bridgehead atoms. The first kappa shape index (κ1) is 14.6. The zero-order valence-electron chi connectivity index (χ0n) is 12.5. The number of hydrogen-bond donors (Lipinski definition) is 1. The Kier molecular flexibility index (Phi) is 4.39. The van der Waals surface area contributed by atoms with Crippen LogP contribution in [0.15, 0.2) is 0 Å². The fourth-order valence-corrected chi connectivity index (χ4v) is 3.10. The molecule has 0 spiro atoms. The maximum atomic E-state index is 12.4. The Bertz CT molecular complexity index is 315. The molecule has 2 fully saturated rings. The zero-order chi connectivity index (χ0) is 14.0. The molecule has 1 atom stereocenters. The molecule has 4 heteroatoms. The van der Waals surface area contributed by atoms with Gasteiger partial charge >= 0.3 is 6.09 Å². The Morgan fingerprint density at radius 3 is 2.26 bits per heavy atom. The second-order valence-corrected chi connectivity index (χ2v) is 6.97. The van der Waals surface area contributed by atoms with Crippen LogP contribution in [0.2, 0.25) is 0 Å². The third kappa shape index (κ3) is 3.85. The van der Waals surface area contributed by atoms with Crippen LogP contribution in [0.3, 0.4) is 0 Å². The van der Waals surface area contributed by atoms with E-state index in [1.165, 1.54) is 25.7 Å². The SMILES string of the molecule is CC(C)(C)OC(=O)N(C1CC1)C(CN)C1CCCC1. The molecule has 2 rings (SSSR count). The molecule has 0 heterocycles. The summed E-state index contributed by atoms with van der Waals surface area (Å²) in [6, 6.07) is 0.536. The molecule has 0 aromatic carbocycles. The van der Waals surface area contributed by atoms with Crippen molar-refractivity contribution in [1.82, 2.24) is 4.90 Å². The predicted octanol–water partition coefficient (Wildman–Crippen LogP) is 2.90. The van der Waals surface area contributed by atoms with Gasteiger partial charge in [0.15, 0.2) is 0 Å². The third-order valence-corrected chi connectivity index (χ3v) is 4.09. The van der Waals surface area contributed by atoms with E-state index in [2.05, 4.69) is 0 Å². The van der Waals surface area contributed by atoms with Crippen molar-refractivity contribution in [2.24, 2.45) is 11.7 Å². The van der Waals surface area contributed by atoms with Gasteiger partial charge in [0.1, 0.15) is 5.60 Å². The molecule has 0 aromatic heterocycles. The standard InChI is InChI=1S/C15H28N2O2/c1-15(2,3)19-14(18)17(12-8-9-12)13(10-16)11-6-4-5-7-11/h11-13H,4-10,16H2,1-3H3. The predicted molar refractivity (Wildman–Crippen MR) is 75.9 cm³/mol. The molecule has 1 unspecified atom stereocenters. The van der Waals surface area contributed by atoms with Crippen LogP contribution in [0, 0.1) is 5.92 Å². The van der Waals surface area contributed by atoms with E-state index in [0.717, 1.165) is 12.8 Å². The minimum atomic E-state index is -0.432. The summed E-state index contributed by atoms with van der Waals surface area (Å²) in [5, 5.41) is 0. The molecule has 2 saturated carbocycles. The highest BCUT2D eigenvalue weighted by atomic mass is 16.6. The van der Waals surface area contributed by atoms with Crippen LogP contribution in [0.4, 0.5) is 4.79 Å². The lowest BCUT2D eigenvalue weighted by molar-refractivity contribution is 0.00826. The molecular weight excluding hydrogens is 240 g/mol. The van der Waals surface area contributed by atoms with Crippen molar-refractivity contribution >= 4 is 6.09 Å². The lowest BCUT2D eigenvalue weighted by Gasteiger charge is -2.36. The Balaban J connectivity index is 2.07. The molecule has 0 radical (unpaired) electrons. The molecule has 2 aliphatic carbocycles. The molecule has 1 amide bonds. The minimum absolute atomic E-state index is 0.169. The fourth-order valence-electron chi connectivity index (χ4n) is 3.10. The molecule has 0 aromatic rings. The van der Waals surface area contributed by atoms with Gasteiger partial charge < -0.3 is 15.4 Å². The second kappa shape index (κ2) is 5.70. The average Bonchev–Trinajstić information content (AvgIpc) is 2.97. The van der Waals surface area contributed by atoms with Gasteiger partial charge in [-0.15, -0.1) is 0 Å². The summed E-state index contributed by atoms with van der Waals surface area (Å²) in [4.78, 5) is 14.4. The van der Waals surface area contributed by atoms with E-state index in [4.69, 9.17) is 10.5 Å². The molecule has 110 valence electrons. The van der Waals surface area contributed by atoms with Crippen LogP contribution >= 0.6 is 0 Å². The van der Waals surface area contributed by atoms with Crippen molar-refractivity contribution in [1.29, 1.82) is 0 Å². The third-order valence-electron chi connectivity index (χ3n) is 4.09. The maximum absolute atomic E-state index is 12.4. The summed E-state index contributed by atoms with van der Waals surface area (Å²) in [6.45, 7) is 6.31. The highest BCUT2D eigenvalue weighted by Gasteiger charge is 2.42. The summed E-state index contributed by atoms with van der Waals surface area (Å²) in [7, 11) is 0. The first-order valence-corrected chi connectivity index (χ1v) is 7.64. The van der Waals surface area contributed by atoms with Crippen LogP contribution in [0.1, 0.15) is 59.3 Å². The van der Waals surface area contributed by atoms with E-state index < -0.39 is 5.60 Å². The van der Waals surface area contributed by atoms with Crippen LogP contribution in [-0.2, 0) is 4.74 Å². The van der Waals surface area contributed by atoms with Crippen LogP contribution in [0.25, 0.3) is 0 Å². The molecule has 0 aliphatic heterocycles. The zero-order valence-corrected chi connectivity index (χ0v) is 12.5. The van der Waals surface area contributed by atoms with Gasteiger partial charge in [0.2, 0.25) is 0 Å². The Labute approximate surface area is 116 Å². The molecule has 2 aliphatic rings. The number of rotatable bonds is 4. The smallest absolute Gasteiger partial charge is 0.410 e. The van der Waals surface area contributed by atoms with Crippen molar-refractivity contribution in [3.05, 3.63) is 0 Å². The first-order valence-electron chi connectivity index (χ1n) is 7.64. The van der Waals surface area contributed by atoms with E-state index in [1.54, 1.807) is 0 Å².